The highest BCUT2D eigenvalue weighted by atomic mass is 16.2. The summed E-state index contributed by atoms with van der Waals surface area (Å²) in [7, 11) is 0. The number of carbonyl (C=O) groups excluding carboxylic acids is 2. The molecule has 5 heteroatoms. The Morgan fingerprint density at radius 2 is 1.50 bits per heavy atom. The third kappa shape index (κ3) is 6.41. The molecule has 1 N–H and O–H groups in total. The Kier molecular flexibility index (Phi) is 8.53. The van der Waals surface area contributed by atoms with Gasteiger partial charge in [0.1, 0.15) is 0 Å². The Labute approximate surface area is 168 Å². The molecule has 0 heterocycles. The normalized spacial score (nSPS) is 10.4. The zero-order valence-corrected chi connectivity index (χ0v) is 17.1. The van der Waals surface area contributed by atoms with Crippen LogP contribution >= 0.6 is 0 Å². The Balaban J connectivity index is 1.85. The van der Waals surface area contributed by atoms with E-state index in [1.165, 1.54) is 0 Å². The van der Waals surface area contributed by atoms with Crippen LogP contribution in [0.25, 0.3) is 0 Å². The van der Waals surface area contributed by atoms with Crippen molar-refractivity contribution in [2.45, 2.75) is 33.6 Å². The van der Waals surface area contributed by atoms with Gasteiger partial charge in [0.2, 0.25) is 11.8 Å². The summed E-state index contributed by atoms with van der Waals surface area (Å²) in [6.07, 6.45) is 1.17. The fourth-order valence-corrected chi connectivity index (χ4v) is 3.20. The number of hydrogen-bond donors (Lipinski definition) is 1. The van der Waals surface area contributed by atoms with Crippen LogP contribution in [-0.2, 0) is 16.0 Å². The van der Waals surface area contributed by atoms with Crippen molar-refractivity contribution in [1.29, 1.82) is 0 Å². The summed E-state index contributed by atoms with van der Waals surface area (Å²) in [5.74, 6) is -0.0293. The minimum atomic E-state index is -0.0332. The molecule has 2 amide bonds. The summed E-state index contributed by atoms with van der Waals surface area (Å²) < 4.78 is 0. The summed E-state index contributed by atoms with van der Waals surface area (Å²) in [6.45, 7) is 8.58. The molecule has 0 aliphatic rings. The third-order valence-electron chi connectivity index (χ3n) is 4.81. The molecule has 5 nitrogen and oxygen atoms in total. The van der Waals surface area contributed by atoms with Gasteiger partial charge in [-0.15, -0.1) is 0 Å². The molecule has 0 aliphatic carbocycles. The monoisotopic (exact) mass is 381 g/mol. The van der Waals surface area contributed by atoms with E-state index in [1.54, 1.807) is 11.8 Å². The maximum atomic E-state index is 12.1. The largest absolute Gasteiger partial charge is 0.372 e. The summed E-state index contributed by atoms with van der Waals surface area (Å²) in [6, 6.07) is 18.0. The van der Waals surface area contributed by atoms with Crippen molar-refractivity contribution in [3.05, 3.63) is 60.2 Å². The van der Waals surface area contributed by atoms with Gasteiger partial charge in [-0.2, -0.15) is 0 Å². The van der Waals surface area contributed by atoms with Crippen LogP contribution in [0.1, 0.15) is 32.8 Å². The maximum absolute atomic E-state index is 12.1. The summed E-state index contributed by atoms with van der Waals surface area (Å²) in [4.78, 5) is 28.1. The van der Waals surface area contributed by atoms with Crippen LogP contribution in [0.4, 0.5) is 11.4 Å². The lowest BCUT2D eigenvalue weighted by Gasteiger charge is -2.24. The van der Waals surface area contributed by atoms with Crippen molar-refractivity contribution >= 4 is 23.2 Å². The minimum absolute atomic E-state index is 0.00392. The van der Waals surface area contributed by atoms with Crippen molar-refractivity contribution in [2.24, 2.45) is 0 Å². The van der Waals surface area contributed by atoms with E-state index in [4.69, 9.17) is 0 Å². The zero-order valence-electron chi connectivity index (χ0n) is 17.1. The number of anilines is 2. The van der Waals surface area contributed by atoms with Crippen molar-refractivity contribution in [2.75, 3.05) is 36.0 Å². The zero-order chi connectivity index (χ0) is 20.4. The van der Waals surface area contributed by atoms with Crippen LogP contribution in [0, 0.1) is 0 Å². The highest BCUT2D eigenvalue weighted by molar-refractivity contribution is 5.91. The third-order valence-corrected chi connectivity index (χ3v) is 4.81. The molecule has 0 bridgehead atoms. The molecule has 0 aliphatic heterocycles. The van der Waals surface area contributed by atoms with E-state index in [1.807, 2.05) is 54.6 Å². The van der Waals surface area contributed by atoms with E-state index in [2.05, 4.69) is 24.1 Å². The lowest BCUT2D eigenvalue weighted by atomic mass is 10.1. The van der Waals surface area contributed by atoms with Gasteiger partial charge >= 0.3 is 0 Å². The first-order valence-corrected chi connectivity index (χ1v) is 9.98. The predicted molar refractivity (Wildman–Crippen MR) is 116 cm³/mol. The number of aryl methyl sites for hydroxylation is 1. The van der Waals surface area contributed by atoms with Gasteiger partial charge in [0.05, 0.1) is 0 Å². The molecule has 0 saturated carbocycles. The fourth-order valence-electron chi connectivity index (χ4n) is 3.20. The van der Waals surface area contributed by atoms with Gasteiger partial charge in [-0.1, -0.05) is 30.3 Å². The van der Waals surface area contributed by atoms with Gasteiger partial charge in [-0.3, -0.25) is 9.59 Å². The van der Waals surface area contributed by atoms with Crippen LogP contribution < -0.4 is 15.1 Å². The molecule has 0 radical (unpaired) electrons. The predicted octanol–water partition coefficient (Wildman–Crippen LogP) is 3.63. The maximum Gasteiger partial charge on any atom is 0.223 e. The van der Waals surface area contributed by atoms with Gasteiger partial charge in [-0.05, 0) is 50.1 Å². The van der Waals surface area contributed by atoms with Crippen LogP contribution in [0.3, 0.4) is 0 Å². The molecule has 0 unspecified atom stereocenters. The fraction of sp³-hybridized carbons (Fsp3) is 0.391. The molecule has 0 saturated heterocycles. The van der Waals surface area contributed by atoms with E-state index >= 15 is 0 Å². The standard InChI is InChI=1S/C23H31N3O2/c1-4-25(5-2)21-12-14-22(15-13-21)26(19(3)27)18-17-24-23(28)16-11-20-9-7-6-8-10-20/h6-10,12-15H,4-5,11,16-18H2,1-3H3,(H,24,28). The molecular formula is C23H31N3O2. The van der Waals surface area contributed by atoms with Crippen molar-refractivity contribution in [3.63, 3.8) is 0 Å². The molecule has 0 aromatic heterocycles. The van der Waals surface area contributed by atoms with E-state index in [0.717, 1.165) is 36.4 Å². The summed E-state index contributed by atoms with van der Waals surface area (Å²) >= 11 is 0. The average molecular weight is 382 g/mol. The molecule has 0 spiro atoms. The first-order chi connectivity index (χ1) is 13.5. The van der Waals surface area contributed by atoms with Gasteiger partial charge < -0.3 is 15.1 Å². The average Bonchev–Trinajstić information content (AvgIpc) is 2.72. The van der Waals surface area contributed by atoms with E-state index in [-0.39, 0.29) is 11.8 Å². The highest BCUT2D eigenvalue weighted by Gasteiger charge is 2.12. The topological polar surface area (TPSA) is 52.6 Å². The first kappa shape index (κ1) is 21.5. The smallest absolute Gasteiger partial charge is 0.223 e. The van der Waals surface area contributed by atoms with Crippen LogP contribution in [0.15, 0.2) is 54.6 Å². The second kappa shape index (κ2) is 11.1. The number of benzene rings is 2. The highest BCUT2D eigenvalue weighted by Crippen LogP contribution is 2.20. The van der Waals surface area contributed by atoms with Gasteiger partial charge in [-0.25, -0.2) is 0 Å². The number of amides is 2. The Bertz CT molecular complexity index is 740. The first-order valence-electron chi connectivity index (χ1n) is 9.98. The van der Waals surface area contributed by atoms with Crippen molar-refractivity contribution in [1.82, 2.24) is 5.32 Å². The number of hydrogen-bond acceptors (Lipinski definition) is 3. The molecule has 0 fully saturated rings. The van der Waals surface area contributed by atoms with Gasteiger partial charge in [0.15, 0.2) is 0 Å². The quantitative estimate of drug-likeness (QED) is 0.684. The van der Waals surface area contributed by atoms with Crippen LogP contribution in [-0.4, -0.2) is 38.0 Å². The number of nitrogens with zero attached hydrogens (tertiary/aromatic N) is 2. The van der Waals surface area contributed by atoms with E-state index in [9.17, 15) is 9.59 Å². The van der Waals surface area contributed by atoms with Gasteiger partial charge in [0.25, 0.3) is 0 Å². The second-order valence-corrected chi connectivity index (χ2v) is 6.69. The number of carbonyl (C=O) groups is 2. The molecule has 2 aromatic carbocycles. The molecule has 2 rings (SSSR count). The van der Waals surface area contributed by atoms with Crippen molar-refractivity contribution in [3.8, 4) is 0 Å². The van der Waals surface area contributed by atoms with Gasteiger partial charge in [0, 0.05) is 50.9 Å². The van der Waals surface area contributed by atoms with Crippen molar-refractivity contribution < 1.29 is 9.59 Å². The van der Waals surface area contributed by atoms with Crippen LogP contribution in [0.5, 0.6) is 0 Å². The Hall–Kier alpha value is -2.82. The Morgan fingerprint density at radius 3 is 2.07 bits per heavy atom. The summed E-state index contributed by atoms with van der Waals surface area (Å²) in [5, 5.41) is 2.91. The number of nitrogens with one attached hydrogen (secondary N) is 1. The second-order valence-electron chi connectivity index (χ2n) is 6.69. The SMILES string of the molecule is CCN(CC)c1ccc(N(CCNC(=O)CCc2ccccc2)C(C)=O)cc1. The molecule has 28 heavy (non-hydrogen) atoms. The minimum Gasteiger partial charge on any atom is -0.372 e. The van der Waals surface area contributed by atoms with E-state index in [0.29, 0.717) is 19.5 Å². The number of rotatable bonds is 10. The molecule has 2 aromatic rings. The lowest BCUT2D eigenvalue weighted by Crippen LogP contribution is -2.37. The molecule has 150 valence electrons. The lowest BCUT2D eigenvalue weighted by molar-refractivity contribution is -0.121. The summed E-state index contributed by atoms with van der Waals surface area (Å²) in [5.41, 5.74) is 3.14. The Morgan fingerprint density at radius 1 is 0.893 bits per heavy atom. The molecular weight excluding hydrogens is 350 g/mol. The molecule has 0 atom stereocenters. The van der Waals surface area contributed by atoms with E-state index < -0.39 is 0 Å². The van der Waals surface area contributed by atoms with Crippen LogP contribution in [0.2, 0.25) is 0 Å².